The van der Waals surface area contributed by atoms with Crippen LogP contribution in [0.2, 0.25) is 5.28 Å². The van der Waals surface area contributed by atoms with E-state index in [1.807, 2.05) is 13.0 Å². The van der Waals surface area contributed by atoms with E-state index in [0.717, 1.165) is 11.3 Å². The molecule has 0 N–H and O–H groups in total. The van der Waals surface area contributed by atoms with Crippen molar-refractivity contribution in [2.45, 2.75) is 6.92 Å². The van der Waals surface area contributed by atoms with Gasteiger partial charge >= 0.3 is 0 Å². The van der Waals surface area contributed by atoms with E-state index in [9.17, 15) is 0 Å². The number of aryl methyl sites for hydroxylation is 1. The van der Waals surface area contributed by atoms with Crippen LogP contribution in [0, 0.1) is 6.92 Å². The third-order valence-electron chi connectivity index (χ3n) is 1.78. The van der Waals surface area contributed by atoms with Gasteiger partial charge in [-0.1, -0.05) is 0 Å². The molecule has 66 valence electrons. The van der Waals surface area contributed by atoms with Gasteiger partial charge in [0.25, 0.3) is 0 Å². The van der Waals surface area contributed by atoms with Crippen molar-refractivity contribution in [2.75, 3.05) is 0 Å². The topological polar surface area (TPSA) is 43.6 Å². The van der Waals surface area contributed by atoms with Crippen LogP contribution in [0.4, 0.5) is 0 Å². The first-order valence-electron chi connectivity index (χ1n) is 3.75. The van der Waals surface area contributed by atoms with E-state index in [2.05, 4.69) is 15.2 Å². The largest absolute Gasteiger partial charge is 0.271 e. The molecule has 13 heavy (non-hydrogen) atoms. The summed E-state index contributed by atoms with van der Waals surface area (Å²) in [5.41, 5.74) is 1.98. The summed E-state index contributed by atoms with van der Waals surface area (Å²) in [6.45, 7) is 1.98. The Labute approximate surface area is 80.2 Å². The van der Waals surface area contributed by atoms with E-state index >= 15 is 0 Å². The van der Waals surface area contributed by atoms with E-state index in [1.165, 1.54) is 0 Å². The predicted molar refractivity (Wildman–Crippen MR) is 48.9 cm³/mol. The first-order valence-corrected chi connectivity index (χ1v) is 4.13. The Bertz CT molecular complexity index is 424. The van der Waals surface area contributed by atoms with Crippen LogP contribution in [-0.2, 0) is 0 Å². The Kier molecular flexibility index (Phi) is 1.98. The van der Waals surface area contributed by atoms with Crippen molar-refractivity contribution in [2.24, 2.45) is 0 Å². The molecule has 0 fully saturated rings. The Hall–Kier alpha value is -1.42. The third kappa shape index (κ3) is 1.40. The van der Waals surface area contributed by atoms with Gasteiger partial charge in [0.05, 0.1) is 11.9 Å². The van der Waals surface area contributed by atoms with E-state index < -0.39 is 0 Å². The summed E-state index contributed by atoms with van der Waals surface area (Å²) in [6.07, 6.45) is 5.02. The number of rotatable bonds is 1. The fourth-order valence-electron chi connectivity index (χ4n) is 1.09. The van der Waals surface area contributed by atoms with Gasteiger partial charge in [-0.05, 0) is 30.2 Å². The highest BCUT2D eigenvalue weighted by molar-refractivity contribution is 6.28. The molecular weight excluding hydrogens is 188 g/mol. The van der Waals surface area contributed by atoms with Crippen LogP contribution in [0.25, 0.3) is 5.69 Å². The molecule has 0 aromatic carbocycles. The van der Waals surface area contributed by atoms with Gasteiger partial charge in [-0.25, -0.2) is 0 Å². The van der Waals surface area contributed by atoms with Crippen molar-refractivity contribution in [1.82, 2.24) is 19.7 Å². The minimum absolute atomic E-state index is 0.344. The van der Waals surface area contributed by atoms with E-state index in [1.54, 1.807) is 23.3 Å². The van der Waals surface area contributed by atoms with Crippen molar-refractivity contribution in [3.8, 4) is 5.69 Å². The molecular formula is C8H7ClN4. The van der Waals surface area contributed by atoms with Crippen molar-refractivity contribution in [3.63, 3.8) is 0 Å². The number of halogens is 1. The molecule has 0 amide bonds. The van der Waals surface area contributed by atoms with Crippen LogP contribution in [0.15, 0.2) is 24.8 Å². The van der Waals surface area contributed by atoms with Gasteiger partial charge < -0.3 is 0 Å². The molecule has 0 saturated carbocycles. The summed E-state index contributed by atoms with van der Waals surface area (Å²) in [5.74, 6) is 0. The molecule has 0 aliphatic heterocycles. The zero-order valence-corrected chi connectivity index (χ0v) is 7.73. The highest BCUT2D eigenvalue weighted by atomic mass is 35.5. The molecule has 0 bridgehead atoms. The average molecular weight is 195 g/mol. The SMILES string of the molecule is Cc1ccncc1-n1cnnc1Cl. The van der Waals surface area contributed by atoms with Gasteiger partial charge in [0.1, 0.15) is 6.33 Å². The summed E-state index contributed by atoms with van der Waals surface area (Å²) in [5, 5.41) is 7.72. The van der Waals surface area contributed by atoms with Crippen LogP contribution in [0.1, 0.15) is 5.56 Å². The Balaban J connectivity index is 2.59. The second-order valence-corrected chi connectivity index (χ2v) is 2.97. The first kappa shape index (κ1) is 8.19. The number of hydrogen-bond acceptors (Lipinski definition) is 3. The Morgan fingerprint density at radius 1 is 1.46 bits per heavy atom. The highest BCUT2D eigenvalue weighted by Gasteiger charge is 2.05. The molecule has 0 saturated heterocycles. The van der Waals surface area contributed by atoms with Gasteiger partial charge in [-0.2, -0.15) is 0 Å². The smallest absolute Gasteiger partial charge is 0.229 e. The van der Waals surface area contributed by atoms with E-state index in [-0.39, 0.29) is 0 Å². The molecule has 5 heteroatoms. The number of nitrogens with zero attached hydrogens (tertiary/aromatic N) is 4. The molecule has 0 aliphatic carbocycles. The molecule has 0 atom stereocenters. The summed E-state index contributed by atoms with van der Waals surface area (Å²) in [7, 11) is 0. The molecule has 2 aromatic rings. The second kappa shape index (κ2) is 3.14. The third-order valence-corrected chi connectivity index (χ3v) is 2.03. The Morgan fingerprint density at radius 3 is 2.92 bits per heavy atom. The monoisotopic (exact) mass is 194 g/mol. The number of aromatic nitrogens is 4. The van der Waals surface area contributed by atoms with Crippen LogP contribution in [-0.4, -0.2) is 19.7 Å². The fourth-order valence-corrected chi connectivity index (χ4v) is 1.27. The molecule has 0 aliphatic rings. The maximum Gasteiger partial charge on any atom is 0.229 e. The van der Waals surface area contributed by atoms with E-state index in [0.29, 0.717) is 5.28 Å². The lowest BCUT2D eigenvalue weighted by atomic mass is 10.2. The molecule has 4 nitrogen and oxygen atoms in total. The lowest BCUT2D eigenvalue weighted by Gasteiger charge is -2.04. The summed E-state index contributed by atoms with van der Waals surface area (Å²) < 4.78 is 1.68. The van der Waals surface area contributed by atoms with Crippen LogP contribution >= 0.6 is 11.6 Å². The van der Waals surface area contributed by atoms with Crippen molar-refractivity contribution in [1.29, 1.82) is 0 Å². The zero-order valence-electron chi connectivity index (χ0n) is 6.98. The van der Waals surface area contributed by atoms with Crippen LogP contribution in [0.3, 0.4) is 0 Å². The van der Waals surface area contributed by atoms with E-state index in [4.69, 9.17) is 11.6 Å². The molecule has 2 rings (SSSR count). The summed E-state index contributed by atoms with van der Waals surface area (Å²) in [6, 6.07) is 1.91. The molecule has 0 spiro atoms. The van der Waals surface area contributed by atoms with Crippen molar-refractivity contribution >= 4 is 11.6 Å². The highest BCUT2D eigenvalue weighted by Crippen LogP contribution is 2.15. The van der Waals surface area contributed by atoms with Crippen LogP contribution < -0.4 is 0 Å². The quantitative estimate of drug-likeness (QED) is 0.693. The zero-order chi connectivity index (χ0) is 9.26. The molecule has 0 unspecified atom stereocenters. The minimum Gasteiger partial charge on any atom is -0.271 e. The lowest BCUT2D eigenvalue weighted by molar-refractivity contribution is 1.02. The van der Waals surface area contributed by atoms with Gasteiger partial charge in [-0.15, -0.1) is 10.2 Å². The van der Waals surface area contributed by atoms with Gasteiger partial charge in [-0.3, -0.25) is 9.55 Å². The van der Waals surface area contributed by atoms with Gasteiger partial charge in [0.2, 0.25) is 5.28 Å². The maximum absolute atomic E-state index is 5.81. The Morgan fingerprint density at radius 2 is 2.31 bits per heavy atom. The lowest BCUT2D eigenvalue weighted by Crippen LogP contribution is -1.96. The average Bonchev–Trinajstić information content (AvgIpc) is 2.52. The van der Waals surface area contributed by atoms with Crippen molar-refractivity contribution in [3.05, 3.63) is 35.6 Å². The van der Waals surface area contributed by atoms with Gasteiger partial charge in [0.15, 0.2) is 0 Å². The number of hydrogen-bond donors (Lipinski definition) is 0. The normalized spacial score (nSPS) is 10.3. The summed E-state index contributed by atoms with van der Waals surface area (Å²) >= 11 is 5.81. The minimum atomic E-state index is 0.344. The van der Waals surface area contributed by atoms with Gasteiger partial charge in [0, 0.05) is 6.20 Å². The maximum atomic E-state index is 5.81. The van der Waals surface area contributed by atoms with Crippen LogP contribution in [0.5, 0.6) is 0 Å². The number of pyridine rings is 1. The summed E-state index contributed by atoms with van der Waals surface area (Å²) in [4.78, 5) is 4.01. The first-order chi connectivity index (χ1) is 6.29. The molecule has 0 radical (unpaired) electrons. The molecule has 2 heterocycles. The second-order valence-electron chi connectivity index (χ2n) is 2.63. The molecule has 2 aromatic heterocycles. The van der Waals surface area contributed by atoms with Crippen molar-refractivity contribution < 1.29 is 0 Å². The predicted octanol–water partition coefficient (Wildman–Crippen LogP) is 1.62. The fraction of sp³-hybridized carbons (Fsp3) is 0.125. The standard InChI is InChI=1S/C8H7ClN4/c1-6-2-3-10-4-7(6)13-5-11-12-8(13)9/h2-5H,1H3.